The van der Waals surface area contributed by atoms with Crippen molar-refractivity contribution in [2.75, 3.05) is 0 Å². The Hall–Kier alpha value is -1.79. The van der Waals surface area contributed by atoms with Gasteiger partial charge in [-0.3, -0.25) is 15.9 Å². The van der Waals surface area contributed by atoms with Gasteiger partial charge in [0.2, 0.25) is 0 Å². The third-order valence-corrected chi connectivity index (χ3v) is 2.14. The van der Waals surface area contributed by atoms with Gasteiger partial charge >= 0.3 is 0 Å². The summed E-state index contributed by atoms with van der Waals surface area (Å²) in [6.07, 6.45) is 3.21. The van der Waals surface area contributed by atoms with E-state index in [1.807, 2.05) is 19.1 Å². The molecule has 1 atom stereocenters. The Kier molecular flexibility index (Phi) is 2.70. The van der Waals surface area contributed by atoms with Gasteiger partial charge in [-0.25, -0.2) is 10.4 Å². The maximum absolute atomic E-state index is 5.47. The molecule has 15 heavy (non-hydrogen) atoms. The number of nitrogens with zero attached hydrogens (tertiary/aromatic N) is 3. The second-order valence-corrected chi connectivity index (χ2v) is 3.20. The molecule has 6 heteroatoms. The van der Waals surface area contributed by atoms with E-state index in [-0.39, 0.29) is 6.04 Å². The van der Waals surface area contributed by atoms with Gasteiger partial charge < -0.3 is 0 Å². The summed E-state index contributed by atoms with van der Waals surface area (Å²) >= 11 is 0. The van der Waals surface area contributed by atoms with Crippen LogP contribution in [0, 0.1) is 6.92 Å². The SMILES string of the molecule is Cc1ccc(C(NN)c2ncn[nH]2)cn1. The molecule has 1 unspecified atom stereocenters. The predicted molar refractivity (Wildman–Crippen MR) is 54.5 cm³/mol. The Labute approximate surface area is 86.9 Å². The highest BCUT2D eigenvalue weighted by Gasteiger charge is 2.14. The molecule has 4 N–H and O–H groups in total. The number of hydrazine groups is 1. The van der Waals surface area contributed by atoms with Crippen LogP contribution in [0.5, 0.6) is 0 Å². The van der Waals surface area contributed by atoms with Crippen molar-refractivity contribution in [1.29, 1.82) is 0 Å². The Bertz CT molecular complexity index is 407. The van der Waals surface area contributed by atoms with Crippen LogP contribution in [0.3, 0.4) is 0 Å². The average molecular weight is 204 g/mol. The second kappa shape index (κ2) is 4.16. The Morgan fingerprint density at radius 3 is 2.80 bits per heavy atom. The first-order valence-electron chi connectivity index (χ1n) is 4.55. The van der Waals surface area contributed by atoms with Gasteiger partial charge in [-0.05, 0) is 18.6 Å². The molecule has 0 aliphatic rings. The molecule has 0 radical (unpaired) electrons. The van der Waals surface area contributed by atoms with Crippen LogP contribution in [0.4, 0.5) is 0 Å². The molecule has 2 heterocycles. The van der Waals surface area contributed by atoms with Crippen molar-refractivity contribution in [1.82, 2.24) is 25.6 Å². The van der Waals surface area contributed by atoms with Gasteiger partial charge in [0.05, 0.1) is 0 Å². The molecule has 0 aliphatic heterocycles. The standard InChI is InChI=1S/C9H12N6/c1-6-2-3-7(4-11-6)8(14-10)9-12-5-13-15-9/h2-5,8,14H,10H2,1H3,(H,12,13,15). The highest BCUT2D eigenvalue weighted by Crippen LogP contribution is 2.16. The number of nitrogens with two attached hydrogens (primary N) is 1. The van der Waals surface area contributed by atoms with Gasteiger partial charge in [0.15, 0.2) is 0 Å². The number of aromatic nitrogens is 4. The van der Waals surface area contributed by atoms with E-state index in [0.717, 1.165) is 11.3 Å². The summed E-state index contributed by atoms with van der Waals surface area (Å²) in [6.45, 7) is 1.93. The van der Waals surface area contributed by atoms with E-state index in [1.54, 1.807) is 6.20 Å². The molecule has 2 aromatic heterocycles. The van der Waals surface area contributed by atoms with Crippen molar-refractivity contribution in [2.24, 2.45) is 5.84 Å². The van der Waals surface area contributed by atoms with Gasteiger partial charge in [-0.15, -0.1) is 0 Å². The third kappa shape index (κ3) is 2.00. The normalized spacial score (nSPS) is 12.7. The minimum atomic E-state index is -0.208. The van der Waals surface area contributed by atoms with Crippen LogP contribution in [0.1, 0.15) is 23.1 Å². The molecule has 78 valence electrons. The molecule has 0 fully saturated rings. The van der Waals surface area contributed by atoms with E-state index < -0.39 is 0 Å². The van der Waals surface area contributed by atoms with Gasteiger partial charge in [0, 0.05) is 11.9 Å². The van der Waals surface area contributed by atoms with Crippen LogP contribution in [0.25, 0.3) is 0 Å². The molecule has 2 rings (SSSR count). The number of pyridine rings is 1. The van der Waals surface area contributed by atoms with Gasteiger partial charge in [0.1, 0.15) is 18.2 Å². The quantitative estimate of drug-likeness (QED) is 0.485. The van der Waals surface area contributed by atoms with Crippen LogP contribution < -0.4 is 11.3 Å². The number of hydrogen-bond donors (Lipinski definition) is 3. The molecular formula is C9H12N6. The first-order chi connectivity index (χ1) is 7.31. The zero-order chi connectivity index (χ0) is 10.7. The fourth-order valence-corrected chi connectivity index (χ4v) is 1.34. The zero-order valence-corrected chi connectivity index (χ0v) is 8.31. The molecule has 0 aliphatic carbocycles. The number of nitrogens with one attached hydrogen (secondary N) is 2. The summed E-state index contributed by atoms with van der Waals surface area (Å²) in [5.41, 5.74) is 4.58. The Morgan fingerprint density at radius 2 is 2.27 bits per heavy atom. The Morgan fingerprint density at radius 1 is 1.40 bits per heavy atom. The molecule has 0 saturated heterocycles. The summed E-state index contributed by atoms with van der Waals surface area (Å²) in [5.74, 6) is 6.14. The summed E-state index contributed by atoms with van der Waals surface area (Å²) in [6, 6.07) is 3.67. The van der Waals surface area contributed by atoms with Gasteiger partial charge in [-0.1, -0.05) is 6.07 Å². The van der Waals surface area contributed by atoms with E-state index in [4.69, 9.17) is 5.84 Å². The summed E-state index contributed by atoms with van der Waals surface area (Å²) < 4.78 is 0. The molecule has 0 spiro atoms. The summed E-state index contributed by atoms with van der Waals surface area (Å²) in [4.78, 5) is 8.25. The molecule has 0 amide bonds. The largest absolute Gasteiger partial charge is 0.270 e. The smallest absolute Gasteiger partial charge is 0.147 e. The molecule has 0 saturated carbocycles. The van der Waals surface area contributed by atoms with E-state index in [9.17, 15) is 0 Å². The molecule has 6 nitrogen and oxygen atoms in total. The van der Waals surface area contributed by atoms with E-state index in [2.05, 4.69) is 25.6 Å². The van der Waals surface area contributed by atoms with Crippen molar-refractivity contribution in [3.05, 3.63) is 41.7 Å². The summed E-state index contributed by atoms with van der Waals surface area (Å²) in [7, 11) is 0. The number of H-pyrrole nitrogens is 1. The van der Waals surface area contributed by atoms with Crippen molar-refractivity contribution >= 4 is 0 Å². The van der Waals surface area contributed by atoms with Crippen LogP contribution in [0.2, 0.25) is 0 Å². The molecule has 0 bridgehead atoms. The Balaban J connectivity index is 2.31. The average Bonchev–Trinajstić information content (AvgIpc) is 2.75. The zero-order valence-electron chi connectivity index (χ0n) is 8.31. The minimum Gasteiger partial charge on any atom is -0.270 e. The molecule has 2 aromatic rings. The van der Waals surface area contributed by atoms with Crippen LogP contribution in [0.15, 0.2) is 24.7 Å². The van der Waals surface area contributed by atoms with Crippen LogP contribution in [-0.2, 0) is 0 Å². The predicted octanol–water partition coefficient (Wildman–Crippen LogP) is 0.0608. The summed E-state index contributed by atoms with van der Waals surface area (Å²) in [5, 5.41) is 6.55. The van der Waals surface area contributed by atoms with Crippen molar-refractivity contribution in [3.8, 4) is 0 Å². The fraction of sp³-hybridized carbons (Fsp3) is 0.222. The lowest BCUT2D eigenvalue weighted by atomic mass is 10.1. The van der Waals surface area contributed by atoms with Crippen molar-refractivity contribution in [3.63, 3.8) is 0 Å². The topological polar surface area (TPSA) is 92.5 Å². The van der Waals surface area contributed by atoms with E-state index in [1.165, 1.54) is 6.33 Å². The second-order valence-electron chi connectivity index (χ2n) is 3.20. The fourth-order valence-electron chi connectivity index (χ4n) is 1.34. The van der Waals surface area contributed by atoms with E-state index >= 15 is 0 Å². The highest BCUT2D eigenvalue weighted by molar-refractivity contribution is 5.22. The lowest BCUT2D eigenvalue weighted by molar-refractivity contribution is 0.602. The lowest BCUT2D eigenvalue weighted by Crippen LogP contribution is -2.29. The van der Waals surface area contributed by atoms with Gasteiger partial charge in [0.25, 0.3) is 0 Å². The van der Waals surface area contributed by atoms with Crippen LogP contribution >= 0.6 is 0 Å². The van der Waals surface area contributed by atoms with E-state index in [0.29, 0.717) is 5.82 Å². The number of hydrogen-bond acceptors (Lipinski definition) is 5. The van der Waals surface area contributed by atoms with Crippen molar-refractivity contribution < 1.29 is 0 Å². The first kappa shape index (κ1) is 9.75. The first-order valence-corrected chi connectivity index (χ1v) is 4.55. The highest BCUT2D eigenvalue weighted by atomic mass is 15.3. The maximum Gasteiger partial charge on any atom is 0.147 e. The van der Waals surface area contributed by atoms with Crippen LogP contribution in [-0.4, -0.2) is 20.2 Å². The lowest BCUT2D eigenvalue weighted by Gasteiger charge is -2.12. The number of aromatic amines is 1. The monoisotopic (exact) mass is 204 g/mol. The molecular weight excluding hydrogens is 192 g/mol. The maximum atomic E-state index is 5.47. The minimum absolute atomic E-state index is 0.208. The molecule has 0 aromatic carbocycles. The number of aryl methyl sites for hydroxylation is 1. The number of rotatable bonds is 3. The van der Waals surface area contributed by atoms with Gasteiger partial charge in [-0.2, -0.15) is 5.10 Å². The van der Waals surface area contributed by atoms with Crippen molar-refractivity contribution in [2.45, 2.75) is 13.0 Å². The third-order valence-electron chi connectivity index (χ3n) is 2.14.